The largest absolute Gasteiger partial charge is 0.357 e. The molecule has 134 valence electrons. The number of amides is 2. The molecule has 7 heteroatoms. The van der Waals surface area contributed by atoms with Crippen LogP contribution < -0.4 is 10.6 Å². The number of aryl methyl sites for hydroxylation is 1. The number of hydrogen-bond donors (Lipinski definition) is 2. The SMILES string of the molecule is CNC(=O)C(NC(=O)CCc1ccc(C#N)cc1)c1ccc(F)c(F)c1. The third kappa shape index (κ3) is 4.86. The molecule has 2 aromatic carbocycles. The van der Waals surface area contributed by atoms with Gasteiger partial charge in [0, 0.05) is 13.5 Å². The van der Waals surface area contributed by atoms with Crippen LogP contribution in [0.15, 0.2) is 42.5 Å². The molecule has 0 bridgehead atoms. The van der Waals surface area contributed by atoms with Gasteiger partial charge in [-0.2, -0.15) is 5.26 Å². The van der Waals surface area contributed by atoms with Crippen LogP contribution in [0.4, 0.5) is 8.78 Å². The van der Waals surface area contributed by atoms with Crippen LogP contribution >= 0.6 is 0 Å². The van der Waals surface area contributed by atoms with Gasteiger partial charge >= 0.3 is 0 Å². The van der Waals surface area contributed by atoms with E-state index in [0.29, 0.717) is 12.0 Å². The van der Waals surface area contributed by atoms with Crippen molar-refractivity contribution < 1.29 is 18.4 Å². The summed E-state index contributed by atoms with van der Waals surface area (Å²) in [7, 11) is 1.39. The number of hydrogen-bond acceptors (Lipinski definition) is 3. The van der Waals surface area contributed by atoms with Gasteiger partial charge in [-0.25, -0.2) is 8.78 Å². The third-order valence-corrected chi connectivity index (χ3v) is 3.81. The van der Waals surface area contributed by atoms with E-state index in [1.165, 1.54) is 13.1 Å². The van der Waals surface area contributed by atoms with E-state index >= 15 is 0 Å². The molecule has 1 unspecified atom stereocenters. The van der Waals surface area contributed by atoms with E-state index in [1.807, 2.05) is 6.07 Å². The quantitative estimate of drug-likeness (QED) is 0.833. The van der Waals surface area contributed by atoms with Crippen molar-refractivity contribution in [3.05, 3.63) is 70.8 Å². The molecule has 0 heterocycles. The number of likely N-dealkylation sites (N-methyl/N-ethyl adjacent to an activating group) is 1. The number of carbonyl (C=O) groups excluding carboxylic acids is 2. The molecule has 0 aliphatic rings. The number of nitriles is 1. The Morgan fingerprint density at radius 2 is 1.81 bits per heavy atom. The molecule has 0 aliphatic carbocycles. The fourth-order valence-corrected chi connectivity index (χ4v) is 2.37. The first-order chi connectivity index (χ1) is 12.4. The first-order valence-electron chi connectivity index (χ1n) is 7.89. The summed E-state index contributed by atoms with van der Waals surface area (Å²) in [6, 6.07) is 10.7. The molecular formula is C19H17F2N3O2. The topological polar surface area (TPSA) is 82.0 Å². The molecule has 2 rings (SSSR count). The van der Waals surface area contributed by atoms with E-state index in [-0.39, 0.29) is 12.0 Å². The smallest absolute Gasteiger partial charge is 0.246 e. The number of carbonyl (C=O) groups is 2. The van der Waals surface area contributed by atoms with Crippen LogP contribution in [0.5, 0.6) is 0 Å². The van der Waals surface area contributed by atoms with Gasteiger partial charge in [0.05, 0.1) is 11.6 Å². The van der Waals surface area contributed by atoms with Gasteiger partial charge in [-0.15, -0.1) is 0 Å². The summed E-state index contributed by atoms with van der Waals surface area (Å²) in [5, 5.41) is 13.7. The molecule has 26 heavy (non-hydrogen) atoms. The van der Waals surface area contributed by atoms with Gasteiger partial charge in [0.25, 0.3) is 0 Å². The van der Waals surface area contributed by atoms with Gasteiger partial charge in [0.2, 0.25) is 11.8 Å². The van der Waals surface area contributed by atoms with Crippen LogP contribution in [0, 0.1) is 23.0 Å². The Bertz CT molecular complexity index is 845. The standard InChI is InChI=1S/C19H17F2N3O2/c1-23-19(26)18(14-7-8-15(20)16(21)10-14)24-17(25)9-6-12-2-4-13(11-22)5-3-12/h2-5,7-8,10,18H,6,9H2,1H3,(H,23,26)(H,24,25). The summed E-state index contributed by atoms with van der Waals surface area (Å²) < 4.78 is 26.5. The maximum Gasteiger partial charge on any atom is 0.246 e. The Balaban J connectivity index is 2.05. The van der Waals surface area contributed by atoms with Crippen molar-refractivity contribution in [2.75, 3.05) is 7.05 Å². The summed E-state index contributed by atoms with van der Waals surface area (Å²) in [6.45, 7) is 0. The lowest BCUT2D eigenvalue weighted by Crippen LogP contribution is -2.39. The van der Waals surface area contributed by atoms with Crippen LogP contribution in [-0.4, -0.2) is 18.9 Å². The molecule has 0 aliphatic heterocycles. The zero-order valence-electron chi connectivity index (χ0n) is 14.1. The van der Waals surface area contributed by atoms with Gasteiger partial charge < -0.3 is 10.6 Å². The van der Waals surface area contributed by atoms with Crippen molar-refractivity contribution >= 4 is 11.8 Å². The molecule has 0 aromatic heterocycles. The minimum Gasteiger partial charge on any atom is -0.357 e. The molecule has 0 fully saturated rings. The number of benzene rings is 2. The van der Waals surface area contributed by atoms with E-state index in [9.17, 15) is 18.4 Å². The highest BCUT2D eigenvalue weighted by Gasteiger charge is 2.22. The van der Waals surface area contributed by atoms with Crippen LogP contribution in [0.2, 0.25) is 0 Å². The fourth-order valence-electron chi connectivity index (χ4n) is 2.37. The summed E-state index contributed by atoms with van der Waals surface area (Å²) in [5.41, 5.74) is 1.54. The summed E-state index contributed by atoms with van der Waals surface area (Å²) in [5.74, 6) is -3.07. The molecule has 5 nitrogen and oxygen atoms in total. The van der Waals surface area contributed by atoms with Crippen molar-refractivity contribution in [1.29, 1.82) is 5.26 Å². The van der Waals surface area contributed by atoms with E-state index in [0.717, 1.165) is 17.7 Å². The summed E-state index contributed by atoms with van der Waals surface area (Å²) >= 11 is 0. The molecule has 2 amide bonds. The number of rotatable bonds is 6. The van der Waals surface area contributed by atoms with E-state index in [4.69, 9.17) is 5.26 Å². The molecule has 2 N–H and O–H groups in total. The lowest BCUT2D eigenvalue weighted by atomic mass is 10.0. The van der Waals surface area contributed by atoms with Gasteiger partial charge in [0.15, 0.2) is 11.6 Å². The molecule has 0 saturated heterocycles. The van der Waals surface area contributed by atoms with Gasteiger partial charge in [-0.3, -0.25) is 9.59 Å². The highest BCUT2D eigenvalue weighted by Crippen LogP contribution is 2.17. The zero-order valence-corrected chi connectivity index (χ0v) is 14.1. The lowest BCUT2D eigenvalue weighted by Gasteiger charge is -2.18. The Hall–Kier alpha value is -3.27. The van der Waals surface area contributed by atoms with Crippen LogP contribution in [0.3, 0.4) is 0 Å². The Kier molecular flexibility index (Phi) is 6.39. The molecule has 0 radical (unpaired) electrons. The molecule has 0 spiro atoms. The van der Waals surface area contributed by atoms with Crippen LogP contribution in [-0.2, 0) is 16.0 Å². The van der Waals surface area contributed by atoms with Gasteiger partial charge in [-0.1, -0.05) is 18.2 Å². The minimum absolute atomic E-state index is 0.100. The second-order valence-corrected chi connectivity index (χ2v) is 5.60. The van der Waals surface area contributed by atoms with Gasteiger partial charge in [0.1, 0.15) is 6.04 Å². The minimum atomic E-state index is -1.12. The maximum atomic E-state index is 13.4. The lowest BCUT2D eigenvalue weighted by molar-refractivity contribution is -0.128. The number of nitrogens with zero attached hydrogens (tertiary/aromatic N) is 1. The molecule has 2 aromatic rings. The van der Waals surface area contributed by atoms with Crippen LogP contribution in [0.25, 0.3) is 0 Å². The highest BCUT2D eigenvalue weighted by atomic mass is 19.2. The Labute approximate surface area is 149 Å². The van der Waals surface area contributed by atoms with E-state index in [1.54, 1.807) is 24.3 Å². The van der Waals surface area contributed by atoms with Crippen molar-refractivity contribution in [3.63, 3.8) is 0 Å². The maximum absolute atomic E-state index is 13.4. The number of nitrogens with one attached hydrogen (secondary N) is 2. The predicted octanol–water partition coefficient (Wildman–Crippen LogP) is 2.37. The van der Waals surface area contributed by atoms with Gasteiger partial charge in [-0.05, 0) is 41.8 Å². The average Bonchev–Trinajstić information content (AvgIpc) is 2.66. The molecular weight excluding hydrogens is 340 g/mol. The zero-order chi connectivity index (χ0) is 19.1. The van der Waals surface area contributed by atoms with E-state index < -0.39 is 29.5 Å². The second-order valence-electron chi connectivity index (χ2n) is 5.60. The average molecular weight is 357 g/mol. The van der Waals surface area contributed by atoms with Crippen molar-refractivity contribution in [2.45, 2.75) is 18.9 Å². The summed E-state index contributed by atoms with van der Waals surface area (Å²) in [6.07, 6.45) is 0.513. The Morgan fingerprint density at radius 3 is 2.38 bits per heavy atom. The van der Waals surface area contributed by atoms with Crippen molar-refractivity contribution in [1.82, 2.24) is 10.6 Å². The first-order valence-corrected chi connectivity index (χ1v) is 7.89. The van der Waals surface area contributed by atoms with Crippen molar-refractivity contribution in [2.24, 2.45) is 0 Å². The highest BCUT2D eigenvalue weighted by molar-refractivity contribution is 5.88. The monoisotopic (exact) mass is 357 g/mol. The summed E-state index contributed by atoms with van der Waals surface area (Å²) in [4.78, 5) is 24.2. The number of halogens is 2. The van der Waals surface area contributed by atoms with E-state index in [2.05, 4.69) is 10.6 Å². The molecule has 1 atom stereocenters. The first kappa shape index (κ1) is 19.1. The Morgan fingerprint density at radius 1 is 1.12 bits per heavy atom. The second kappa shape index (κ2) is 8.72. The predicted molar refractivity (Wildman–Crippen MR) is 90.8 cm³/mol. The third-order valence-electron chi connectivity index (χ3n) is 3.81. The van der Waals surface area contributed by atoms with Crippen LogP contribution in [0.1, 0.15) is 29.2 Å². The molecule has 0 saturated carbocycles. The van der Waals surface area contributed by atoms with Crippen molar-refractivity contribution in [3.8, 4) is 6.07 Å². The fraction of sp³-hybridized carbons (Fsp3) is 0.211. The normalized spacial score (nSPS) is 11.3.